The Hall–Kier alpha value is -2.85. The normalized spacial score (nSPS) is 13.2. The third-order valence-electron chi connectivity index (χ3n) is 4.53. The molecule has 0 aliphatic carbocycles. The number of hydrogen-bond donors (Lipinski definition) is 1. The van der Waals surface area contributed by atoms with Crippen molar-refractivity contribution in [3.05, 3.63) is 65.2 Å². The Balaban J connectivity index is 2.01. The summed E-state index contributed by atoms with van der Waals surface area (Å²) in [4.78, 5) is 12.1. The van der Waals surface area contributed by atoms with E-state index in [1.54, 1.807) is 50.2 Å². The number of aryl methyl sites for hydroxylation is 1. The predicted molar refractivity (Wildman–Crippen MR) is 108 cm³/mol. The highest BCUT2D eigenvalue weighted by atomic mass is 32.2. The molecule has 0 radical (unpaired) electrons. The standard InChI is InChI=1S/C21H24N2O4S/c1-4-19(23-21(24)27-20-11-5-15(2)6-12-20)14-28(25,26)16(3)18-9-7-17(13-22)8-10-18/h5-12,16,19H,4,14H2,1-3H3,(H,23,24). The lowest BCUT2D eigenvalue weighted by Crippen LogP contribution is -2.41. The topological polar surface area (TPSA) is 96.3 Å². The van der Waals surface area contributed by atoms with Crippen molar-refractivity contribution in [3.63, 3.8) is 0 Å². The van der Waals surface area contributed by atoms with Crippen LogP contribution in [0.2, 0.25) is 0 Å². The summed E-state index contributed by atoms with van der Waals surface area (Å²) < 4.78 is 30.8. The summed E-state index contributed by atoms with van der Waals surface area (Å²) in [7, 11) is -3.52. The Morgan fingerprint density at radius 1 is 1.14 bits per heavy atom. The van der Waals surface area contributed by atoms with Crippen LogP contribution < -0.4 is 10.1 Å². The second-order valence-electron chi connectivity index (χ2n) is 6.66. The van der Waals surface area contributed by atoms with Crippen molar-refractivity contribution in [3.8, 4) is 11.8 Å². The lowest BCUT2D eigenvalue weighted by Gasteiger charge is -2.20. The zero-order valence-corrected chi connectivity index (χ0v) is 17.0. The minimum absolute atomic E-state index is 0.201. The van der Waals surface area contributed by atoms with Crippen LogP contribution >= 0.6 is 0 Å². The van der Waals surface area contributed by atoms with Gasteiger partial charge in [-0.25, -0.2) is 13.2 Å². The number of rotatable bonds is 7. The fourth-order valence-electron chi connectivity index (χ4n) is 2.63. The molecule has 2 aromatic carbocycles. The van der Waals surface area contributed by atoms with Crippen molar-refractivity contribution >= 4 is 15.9 Å². The van der Waals surface area contributed by atoms with Crippen LogP contribution in [0.25, 0.3) is 0 Å². The number of ether oxygens (including phenoxy) is 1. The van der Waals surface area contributed by atoms with Gasteiger partial charge < -0.3 is 10.1 Å². The lowest BCUT2D eigenvalue weighted by molar-refractivity contribution is 0.196. The number of benzene rings is 2. The lowest BCUT2D eigenvalue weighted by atomic mass is 10.1. The van der Waals surface area contributed by atoms with Crippen LogP contribution in [0.1, 0.15) is 42.2 Å². The van der Waals surface area contributed by atoms with E-state index in [2.05, 4.69) is 5.32 Å². The van der Waals surface area contributed by atoms with Crippen LogP contribution in [0.4, 0.5) is 4.79 Å². The Morgan fingerprint density at radius 2 is 1.75 bits per heavy atom. The average molecular weight is 401 g/mol. The minimum Gasteiger partial charge on any atom is -0.410 e. The maximum atomic E-state index is 12.8. The number of carbonyl (C=O) groups excluding carboxylic acids is 1. The molecule has 0 fully saturated rings. The molecule has 0 aliphatic heterocycles. The maximum Gasteiger partial charge on any atom is 0.412 e. The summed E-state index contributed by atoms with van der Waals surface area (Å²) in [5.74, 6) is 0.194. The van der Waals surface area contributed by atoms with Gasteiger partial charge in [0.1, 0.15) is 5.75 Å². The van der Waals surface area contributed by atoms with Crippen molar-refractivity contribution in [1.29, 1.82) is 5.26 Å². The van der Waals surface area contributed by atoms with Gasteiger partial charge in [0.25, 0.3) is 0 Å². The van der Waals surface area contributed by atoms with E-state index >= 15 is 0 Å². The molecule has 2 rings (SSSR count). The highest BCUT2D eigenvalue weighted by Crippen LogP contribution is 2.24. The first-order valence-corrected chi connectivity index (χ1v) is 10.7. The number of nitriles is 1. The summed E-state index contributed by atoms with van der Waals surface area (Å²) in [5.41, 5.74) is 2.12. The maximum absolute atomic E-state index is 12.8. The smallest absolute Gasteiger partial charge is 0.410 e. The molecule has 6 nitrogen and oxygen atoms in total. The molecule has 0 aliphatic rings. The van der Waals surface area contributed by atoms with E-state index in [0.717, 1.165) is 5.56 Å². The van der Waals surface area contributed by atoms with Crippen LogP contribution in [0.3, 0.4) is 0 Å². The molecule has 0 saturated carbocycles. The minimum atomic E-state index is -3.52. The second-order valence-corrected chi connectivity index (χ2v) is 9.02. The molecule has 7 heteroatoms. The van der Waals surface area contributed by atoms with Gasteiger partial charge in [0.15, 0.2) is 9.84 Å². The summed E-state index contributed by atoms with van der Waals surface area (Å²) in [6, 6.07) is 14.9. The Kier molecular flexibility index (Phi) is 7.18. The van der Waals surface area contributed by atoms with Crippen molar-refractivity contribution < 1.29 is 17.9 Å². The number of carbonyl (C=O) groups is 1. The SMILES string of the molecule is CCC(CS(=O)(=O)C(C)c1ccc(C#N)cc1)NC(=O)Oc1ccc(C)cc1. The monoisotopic (exact) mass is 400 g/mol. The molecule has 0 heterocycles. The predicted octanol–water partition coefficient (Wildman–Crippen LogP) is 3.91. The van der Waals surface area contributed by atoms with Gasteiger partial charge in [0, 0.05) is 6.04 Å². The van der Waals surface area contributed by atoms with Crippen LogP contribution in [0.5, 0.6) is 5.75 Å². The molecular weight excluding hydrogens is 376 g/mol. The van der Waals surface area contributed by atoms with Crippen molar-refractivity contribution in [1.82, 2.24) is 5.32 Å². The third kappa shape index (κ3) is 5.83. The fraction of sp³-hybridized carbons (Fsp3) is 0.333. The number of hydrogen-bond acceptors (Lipinski definition) is 5. The molecule has 1 amide bonds. The Morgan fingerprint density at radius 3 is 2.29 bits per heavy atom. The van der Waals surface area contributed by atoms with Crippen LogP contribution in [0, 0.1) is 18.3 Å². The van der Waals surface area contributed by atoms with Gasteiger partial charge in [0.05, 0.1) is 22.6 Å². The zero-order valence-electron chi connectivity index (χ0n) is 16.2. The molecule has 148 valence electrons. The quantitative estimate of drug-likeness (QED) is 0.760. The van der Waals surface area contributed by atoms with Crippen LogP contribution in [0.15, 0.2) is 48.5 Å². The van der Waals surface area contributed by atoms with Crippen LogP contribution in [-0.4, -0.2) is 26.3 Å². The van der Waals surface area contributed by atoms with Gasteiger partial charge in [-0.2, -0.15) is 5.26 Å². The Bertz CT molecular complexity index is 945. The number of nitrogens with one attached hydrogen (secondary N) is 1. The third-order valence-corrected chi connectivity index (χ3v) is 6.74. The number of sulfone groups is 1. The second kappa shape index (κ2) is 9.38. The first-order chi connectivity index (χ1) is 13.2. The molecule has 0 saturated heterocycles. The summed E-state index contributed by atoms with van der Waals surface area (Å²) >= 11 is 0. The highest BCUT2D eigenvalue weighted by molar-refractivity contribution is 7.91. The highest BCUT2D eigenvalue weighted by Gasteiger charge is 2.27. The molecule has 2 atom stereocenters. The molecular formula is C21H24N2O4S. The summed E-state index contributed by atoms with van der Waals surface area (Å²) in [6.07, 6.45) is -0.237. The molecule has 28 heavy (non-hydrogen) atoms. The van der Waals surface area contributed by atoms with Crippen molar-refractivity contribution in [2.75, 3.05) is 5.75 Å². The van der Waals surface area contributed by atoms with E-state index in [0.29, 0.717) is 23.3 Å². The molecule has 2 aromatic rings. The molecule has 0 aromatic heterocycles. The van der Waals surface area contributed by atoms with E-state index in [9.17, 15) is 13.2 Å². The van der Waals surface area contributed by atoms with E-state index in [1.807, 2.05) is 25.1 Å². The zero-order chi connectivity index (χ0) is 20.7. The van der Waals surface area contributed by atoms with E-state index < -0.39 is 27.2 Å². The molecule has 2 unspecified atom stereocenters. The number of nitrogens with zero attached hydrogens (tertiary/aromatic N) is 1. The van der Waals surface area contributed by atoms with Gasteiger partial charge in [-0.05, 0) is 50.1 Å². The molecule has 0 spiro atoms. The van der Waals surface area contributed by atoms with Crippen molar-refractivity contribution in [2.45, 2.75) is 38.5 Å². The largest absolute Gasteiger partial charge is 0.412 e. The van der Waals surface area contributed by atoms with Gasteiger partial charge in [-0.15, -0.1) is 0 Å². The van der Waals surface area contributed by atoms with E-state index in [-0.39, 0.29) is 5.75 Å². The van der Waals surface area contributed by atoms with Gasteiger partial charge in [-0.1, -0.05) is 36.8 Å². The van der Waals surface area contributed by atoms with Gasteiger partial charge >= 0.3 is 6.09 Å². The molecule has 1 N–H and O–H groups in total. The van der Waals surface area contributed by atoms with E-state index in [4.69, 9.17) is 10.00 Å². The first kappa shape index (κ1) is 21.5. The first-order valence-electron chi connectivity index (χ1n) is 9.01. The number of amides is 1. The summed E-state index contributed by atoms with van der Waals surface area (Å²) in [6.45, 7) is 5.34. The average Bonchev–Trinajstić information content (AvgIpc) is 2.68. The van der Waals surface area contributed by atoms with Gasteiger partial charge in [-0.3, -0.25) is 0 Å². The molecule has 0 bridgehead atoms. The Labute approximate surface area is 166 Å². The van der Waals surface area contributed by atoms with Gasteiger partial charge in [0.2, 0.25) is 0 Å². The summed E-state index contributed by atoms with van der Waals surface area (Å²) in [5, 5.41) is 10.7. The van der Waals surface area contributed by atoms with Crippen molar-refractivity contribution in [2.24, 2.45) is 0 Å². The fourth-order valence-corrected chi connectivity index (χ4v) is 4.37. The van der Waals surface area contributed by atoms with Crippen LogP contribution in [-0.2, 0) is 9.84 Å². The van der Waals surface area contributed by atoms with E-state index in [1.165, 1.54) is 0 Å².